The van der Waals surface area contributed by atoms with Gasteiger partial charge in [0.15, 0.2) is 0 Å². The number of carbonyl (C=O) groups is 1. The Morgan fingerprint density at radius 2 is 2.24 bits per heavy atom. The predicted octanol–water partition coefficient (Wildman–Crippen LogP) is 2.99. The Bertz CT molecular complexity index is 577. The van der Waals surface area contributed by atoms with E-state index in [0.717, 1.165) is 13.0 Å². The molecule has 1 aliphatic carbocycles. The highest BCUT2D eigenvalue weighted by Crippen LogP contribution is 2.43. The molecule has 0 atom stereocenters. The molecule has 2 N–H and O–H groups in total. The highest BCUT2D eigenvalue weighted by atomic mass is 35.5. The summed E-state index contributed by atoms with van der Waals surface area (Å²) in [6.07, 6.45) is 4.75. The van der Waals surface area contributed by atoms with Gasteiger partial charge in [0.2, 0.25) is 0 Å². The molecular formula is C17H20ClNO2. The Balaban J connectivity index is 2.01. The number of aliphatic hydroxyl groups is 1. The third-order valence-corrected chi connectivity index (χ3v) is 4.63. The van der Waals surface area contributed by atoms with Crippen molar-refractivity contribution in [2.75, 3.05) is 13.2 Å². The predicted molar refractivity (Wildman–Crippen MR) is 84.3 cm³/mol. The molecule has 0 unspecified atom stereocenters. The van der Waals surface area contributed by atoms with Crippen LogP contribution in [0.15, 0.2) is 18.2 Å². The molecule has 4 heteroatoms. The minimum atomic E-state index is -0.211. The van der Waals surface area contributed by atoms with Crippen LogP contribution in [0, 0.1) is 17.3 Å². The lowest BCUT2D eigenvalue weighted by atomic mass is 9.67. The summed E-state index contributed by atoms with van der Waals surface area (Å²) >= 11 is 6.10. The van der Waals surface area contributed by atoms with Crippen LogP contribution < -0.4 is 5.32 Å². The molecule has 0 spiro atoms. The Kier molecular flexibility index (Phi) is 5.27. The molecule has 1 aliphatic rings. The molecule has 1 fully saturated rings. The molecule has 0 aliphatic heterocycles. The van der Waals surface area contributed by atoms with E-state index in [1.165, 1.54) is 19.3 Å². The number of carbonyl (C=O) groups excluding carboxylic acids is 1. The first-order valence-electron chi connectivity index (χ1n) is 7.28. The minimum absolute atomic E-state index is 0.0988. The Morgan fingerprint density at radius 3 is 2.76 bits per heavy atom. The van der Waals surface area contributed by atoms with Crippen molar-refractivity contribution in [1.82, 2.24) is 5.32 Å². The van der Waals surface area contributed by atoms with Crippen molar-refractivity contribution in [1.29, 1.82) is 0 Å². The fourth-order valence-electron chi connectivity index (χ4n) is 2.59. The quantitative estimate of drug-likeness (QED) is 0.840. The zero-order valence-electron chi connectivity index (χ0n) is 12.2. The van der Waals surface area contributed by atoms with Gasteiger partial charge in [-0.3, -0.25) is 4.79 Å². The van der Waals surface area contributed by atoms with Crippen LogP contribution in [0.25, 0.3) is 0 Å². The summed E-state index contributed by atoms with van der Waals surface area (Å²) in [6.45, 7) is 2.69. The smallest absolute Gasteiger partial charge is 0.251 e. The van der Waals surface area contributed by atoms with Crippen LogP contribution in [0.2, 0.25) is 5.02 Å². The first-order chi connectivity index (χ1) is 10.1. The minimum Gasteiger partial charge on any atom is -0.384 e. The van der Waals surface area contributed by atoms with E-state index >= 15 is 0 Å². The van der Waals surface area contributed by atoms with Crippen LogP contribution in [-0.4, -0.2) is 24.2 Å². The van der Waals surface area contributed by atoms with Gasteiger partial charge in [-0.25, -0.2) is 0 Å². The molecule has 0 radical (unpaired) electrons. The van der Waals surface area contributed by atoms with Crippen LogP contribution in [0.5, 0.6) is 0 Å². The van der Waals surface area contributed by atoms with Gasteiger partial charge in [-0.2, -0.15) is 0 Å². The van der Waals surface area contributed by atoms with Crippen molar-refractivity contribution in [2.24, 2.45) is 5.41 Å². The average molecular weight is 306 g/mol. The molecular weight excluding hydrogens is 286 g/mol. The van der Waals surface area contributed by atoms with E-state index in [1.807, 2.05) is 0 Å². The van der Waals surface area contributed by atoms with E-state index in [4.69, 9.17) is 16.7 Å². The van der Waals surface area contributed by atoms with E-state index in [-0.39, 0.29) is 12.5 Å². The third kappa shape index (κ3) is 3.78. The topological polar surface area (TPSA) is 49.3 Å². The molecule has 1 amide bonds. The van der Waals surface area contributed by atoms with Crippen molar-refractivity contribution < 1.29 is 9.90 Å². The zero-order valence-corrected chi connectivity index (χ0v) is 13.0. The molecule has 0 heterocycles. The SMILES string of the molecule is CCC1(CNC(=O)c2ccc(C#CCO)c(Cl)c2)CCC1. The summed E-state index contributed by atoms with van der Waals surface area (Å²) in [7, 11) is 0. The fraction of sp³-hybridized carbons (Fsp3) is 0.471. The van der Waals surface area contributed by atoms with E-state index in [2.05, 4.69) is 24.1 Å². The monoisotopic (exact) mass is 305 g/mol. The van der Waals surface area contributed by atoms with Crippen molar-refractivity contribution in [3.05, 3.63) is 34.3 Å². The Morgan fingerprint density at radius 1 is 1.48 bits per heavy atom. The van der Waals surface area contributed by atoms with Crippen LogP contribution in [-0.2, 0) is 0 Å². The van der Waals surface area contributed by atoms with E-state index in [0.29, 0.717) is 21.6 Å². The lowest BCUT2D eigenvalue weighted by Gasteiger charge is -2.41. The first-order valence-corrected chi connectivity index (χ1v) is 7.65. The van der Waals surface area contributed by atoms with Crippen LogP contribution in [0.4, 0.5) is 0 Å². The van der Waals surface area contributed by atoms with Gasteiger partial charge in [-0.05, 0) is 42.9 Å². The number of nitrogens with one attached hydrogen (secondary N) is 1. The molecule has 0 aromatic heterocycles. The highest BCUT2D eigenvalue weighted by Gasteiger charge is 2.35. The number of benzene rings is 1. The number of hydrogen-bond donors (Lipinski definition) is 2. The van der Waals surface area contributed by atoms with Gasteiger partial charge in [0, 0.05) is 17.7 Å². The molecule has 1 aromatic carbocycles. The molecule has 1 saturated carbocycles. The molecule has 1 aromatic rings. The highest BCUT2D eigenvalue weighted by molar-refractivity contribution is 6.32. The maximum atomic E-state index is 12.2. The third-order valence-electron chi connectivity index (χ3n) is 4.32. The fourth-order valence-corrected chi connectivity index (χ4v) is 2.82. The number of halogens is 1. The number of hydrogen-bond acceptors (Lipinski definition) is 2. The van der Waals surface area contributed by atoms with Crippen molar-refractivity contribution in [2.45, 2.75) is 32.6 Å². The lowest BCUT2D eigenvalue weighted by molar-refractivity contribution is 0.0850. The molecule has 21 heavy (non-hydrogen) atoms. The molecule has 2 rings (SSSR count). The zero-order chi connectivity index (χ0) is 15.3. The van der Waals surface area contributed by atoms with E-state index < -0.39 is 0 Å². The average Bonchev–Trinajstić information content (AvgIpc) is 2.45. The van der Waals surface area contributed by atoms with Gasteiger partial charge >= 0.3 is 0 Å². The van der Waals surface area contributed by atoms with Crippen LogP contribution >= 0.6 is 11.6 Å². The van der Waals surface area contributed by atoms with Gasteiger partial charge in [0.25, 0.3) is 5.91 Å². The maximum Gasteiger partial charge on any atom is 0.251 e. The Labute approximate surface area is 130 Å². The maximum absolute atomic E-state index is 12.2. The molecule has 112 valence electrons. The van der Waals surface area contributed by atoms with Crippen molar-refractivity contribution >= 4 is 17.5 Å². The van der Waals surface area contributed by atoms with E-state index in [9.17, 15) is 4.79 Å². The summed E-state index contributed by atoms with van der Waals surface area (Å²) in [5.74, 6) is 5.19. The van der Waals surface area contributed by atoms with Gasteiger partial charge in [0.05, 0.1) is 5.02 Å². The van der Waals surface area contributed by atoms with Gasteiger partial charge in [0.1, 0.15) is 6.61 Å². The van der Waals surface area contributed by atoms with Crippen LogP contribution in [0.3, 0.4) is 0 Å². The number of amides is 1. The Hall–Kier alpha value is -1.50. The largest absolute Gasteiger partial charge is 0.384 e. The number of rotatable bonds is 4. The molecule has 0 bridgehead atoms. The summed E-state index contributed by atoms with van der Waals surface area (Å²) in [5.41, 5.74) is 1.46. The van der Waals surface area contributed by atoms with Crippen LogP contribution in [0.1, 0.15) is 48.5 Å². The second kappa shape index (κ2) is 6.98. The molecule has 0 saturated heterocycles. The summed E-state index contributed by atoms with van der Waals surface area (Å²) < 4.78 is 0. The van der Waals surface area contributed by atoms with E-state index in [1.54, 1.807) is 18.2 Å². The van der Waals surface area contributed by atoms with Gasteiger partial charge in [-0.1, -0.05) is 36.8 Å². The normalized spacial score (nSPS) is 15.6. The summed E-state index contributed by atoms with van der Waals surface area (Å²) in [5, 5.41) is 12.1. The van der Waals surface area contributed by atoms with Gasteiger partial charge < -0.3 is 10.4 Å². The summed E-state index contributed by atoms with van der Waals surface area (Å²) in [6, 6.07) is 5.04. The lowest BCUT2D eigenvalue weighted by Crippen LogP contribution is -2.41. The van der Waals surface area contributed by atoms with Gasteiger partial charge in [-0.15, -0.1) is 0 Å². The second-order valence-electron chi connectivity index (χ2n) is 5.54. The first kappa shape index (κ1) is 15.9. The van der Waals surface area contributed by atoms with Crippen molar-refractivity contribution in [3.63, 3.8) is 0 Å². The summed E-state index contributed by atoms with van der Waals surface area (Å²) in [4.78, 5) is 12.2. The second-order valence-corrected chi connectivity index (χ2v) is 5.95. The standard InChI is InChI=1S/C17H20ClNO2/c1-2-17(8-4-9-17)12-19-16(21)14-7-6-13(5-3-10-20)15(18)11-14/h6-7,11,20H,2,4,8-10,12H2,1H3,(H,19,21). The van der Waals surface area contributed by atoms with Crippen molar-refractivity contribution in [3.8, 4) is 11.8 Å². The number of aliphatic hydroxyl groups excluding tert-OH is 1. The molecule has 3 nitrogen and oxygen atoms in total.